The quantitative estimate of drug-likeness (QED) is 0.0204. The first kappa shape index (κ1) is 82.5. The molecule has 0 aromatic carbocycles. The van der Waals surface area contributed by atoms with Gasteiger partial charge in [0.1, 0.15) is 48.8 Å². The minimum Gasteiger partial charge on any atom is -0.394 e. The number of unbranched alkanes of at least 4 members (excludes halogenated alkanes) is 26. The average Bonchev–Trinajstić information content (AvgIpc) is 1.26. The molecule has 0 aromatic rings. The fourth-order valence-corrected chi connectivity index (χ4v) is 11.0. The van der Waals surface area contributed by atoms with Gasteiger partial charge in [0.2, 0.25) is 5.91 Å². The smallest absolute Gasteiger partial charge is 0.220 e. The molecule has 2 saturated heterocycles. The Bertz CT molecular complexity index is 1980. The maximum Gasteiger partial charge on any atom is 0.220 e. The van der Waals surface area contributed by atoms with E-state index in [0.717, 1.165) is 89.9 Å². The fourth-order valence-electron chi connectivity index (χ4n) is 11.0. The standard InChI is InChI=1S/C76H129NO13/c1-3-5-7-9-11-13-15-17-19-21-23-25-27-29-31-32-34-36-38-40-42-44-46-48-50-52-54-56-58-60-68(81)77-64(63-87-75-73(86)71(84)74(67(62-79)89-75)90-76-72(85)70(83)69(82)66(61-78)88-76)65(80)59-57-55-53-51-49-47-45-43-41-39-37-35-33-30-28-26-24-22-20-18-16-14-12-10-8-6-4-2/h5,7,11,13,17,19,23,25,29,31,34,36,40,42,46,48-49,51,57,59,64-67,69-76,78-80,82-86H,3-4,6,8-10,12,14-16,18,20-22,24,26-28,30,32-33,35,37-39,41,43-45,47,50,52-56,58,60-63H2,1-2H3,(H,77,81)/b7-5-,13-11-,19-17-,25-23-,31-29-,36-34-,42-40-,48-46-,51-49+,59-57+. The van der Waals surface area contributed by atoms with E-state index in [9.17, 15) is 45.6 Å². The van der Waals surface area contributed by atoms with E-state index in [1.54, 1.807) is 6.08 Å². The highest BCUT2D eigenvalue weighted by Gasteiger charge is 2.51. The van der Waals surface area contributed by atoms with Crippen molar-refractivity contribution in [3.05, 3.63) is 122 Å². The van der Waals surface area contributed by atoms with Crippen molar-refractivity contribution in [3.63, 3.8) is 0 Å². The van der Waals surface area contributed by atoms with Crippen LogP contribution in [-0.4, -0.2) is 140 Å². The lowest BCUT2D eigenvalue weighted by atomic mass is 9.97. The summed E-state index contributed by atoms with van der Waals surface area (Å²) in [6.45, 7) is 2.66. The molecule has 14 heteroatoms. The Kier molecular flexibility index (Phi) is 54.2. The van der Waals surface area contributed by atoms with Crippen LogP contribution in [0.15, 0.2) is 122 Å². The molecule has 12 unspecified atom stereocenters. The Balaban J connectivity index is 1.72. The van der Waals surface area contributed by atoms with E-state index < -0.39 is 86.8 Å². The Morgan fingerprint density at radius 2 is 0.778 bits per heavy atom. The number of carbonyl (C=O) groups excluding carboxylic acids is 1. The predicted molar refractivity (Wildman–Crippen MR) is 368 cm³/mol. The maximum absolute atomic E-state index is 13.3. The van der Waals surface area contributed by atoms with Crippen molar-refractivity contribution in [2.45, 2.75) is 331 Å². The van der Waals surface area contributed by atoms with Gasteiger partial charge < -0.3 is 65.1 Å². The molecule has 516 valence electrons. The first-order valence-electron chi connectivity index (χ1n) is 35.8. The second-order valence-electron chi connectivity index (χ2n) is 24.6. The molecule has 2 aliphatic heterocycles. The van der Waals surface area contributed by atoms with Crippen LogP contribution < -0.4 is 5.32 Å². The summed E-state index contributed by atoms with van der Waals surface area (Å²) in [5, 5.41) is 87.4. The molecular weight excluding hydrogens is 1130 g/mol. The van der Waals surface area contributed by atoms with Gasteiger partial charge >= 0.3 is 0 Å². The Labute approximate surface area is 546 Å². The van der Waals surface area contributed by atoms with Crippen molar-refractivity contribution in [1.82, 2.24) is 5.32 Å². The van der Waals surface area contributed by atoms with Gasteiger partial charge in [0, 0.05) is 6.42 Å². The summed E-state index contributed by atoms with van der Waals surface area (Å²) in [4.78, 5) is 13.3. The van der Waals surface area contributed by atoms with Crippen molar-refractivity contribution >= 4 is 5.91 Å². The van der Waals surface area contributed by atoms with Gasteiger partial charge in [0.15, 0.2) is 12.6 Å². The van der Waals surface area contributed by atoms with Gasteiger partial charge in [-0.05, 0) is 96.3 Å². The SMILES string of the molecule is CC/C=C\C/C=C\C/C=C\C/C=C\C/C=C\C/C=C\C/C=C\C/C=C\CCCCCCC(=O)NC(COC1OC(CO)C(OC2OC(CO)C(O)C(O)C2O)C(O)C1O)C(O)/C=C/CC/C=C/CCCCCCCCCCCCCCCCCCCCCCC. The molecule has 12 atom stereocenters. The number of allylic oxidation sites excluding steroid dienone is 19. The molecule has 0 aromatic heterocycles. The zero-order valence-electron chi connectivity index (χ0n) is 56.1. The third-order valence-electron chi connectivity index (χ3n) is 16.6. The monoisotopic (exact) mass is 1260 g/mol. The van der Waals surface area contributed by atoms with Gasteiger partial charge in [-0.15, -0.1) is 0 Å². The normalized spacial score (nSPS) is 23.7. The zero-order chi connectivity index (χ0) is 65.2. The van der Waals surface area contributed by atoms with E-state index in [0.29, 0.717) is 12.8 Å². The highest BCUT2D eigenvalue weighted by atomic mass is 16.7. The molecule has 2 aliphatic rings. The molecule has 0 saturated carbocycles. The molecule has 90 heavy (non-hydrogen) atoms. The maximum atomic E-state index is 13.3. The van der Waals surface area contributed by atoms with Crippen molar-refractivity contribution in [3.8, 4) is 0 Å². The van der Waals surface area contributed by atoms with Gasteiger partial charge in [-0.2, -0.15) is 0 Å². The van der Waals surface area contributed by atoms with E-state index in [1.165, 1.54) is 135 Å². The van der Waals surface area contributed by atoms with Crippen molar-refractivity contribution in [2.75, 3.05) is 19.8 Å². The summed E-state index contributed by atoms with van der Waals surface area (Å²) < 4.78 is 22.8. The number of nitrogens with one attached hydrogen (secondary N) is 1. The molecular formula is C76H129NO13. The number of carbonyl (C=O) groups is 1. The van der Waals surface area contributed by atoms with Crippen LogP contribution >= 0.6 is 0 Å². The fraction of sp³-hybridized carbons (Fsp3) is 0.724. The lowest BCUT2D eigenvalue weighted by Crippen LogP contribution is -2.65. The summed E-state index contributed by atoms with van der Waals surface area (Å²) in [7, 11) is 0. The van der Waals surface area contributed by atoms with Gasteiger partial charge in [0.25, 0.3) is 0 Å². The van der Waals surface area contributed by atoms with Gasteiger partial charge in [-0.1, -0.05) is 277 Å². The molecule has 0 aliphatic carbocycles. The van der Waals surface area contributed by atoms with Crippen molar-refractivity contribution in [2.24, 2.45) is 0 Å². The third kappa shape index (κ3) is 42.6. The third-order valence-corrected chi connectivity index (χ3v) is 16.6. The molecule has 0 spiro atoms. The highest BCUT2D eigenvalue weighted by Crippen LogP contribution is 2.30. The lowest BCUT2D eigenvalue weighted by Gasteiger charge is -2.46. The summed E-state index contributed by atoms with van der Waals surface area (Å²) in [5.74, 6) is -0.277. The summed E-state index contributed by atoms with van der Waals surface area (Å²) in [5.41, 5.74) is 0. The van der Waals surface area contributed by atoms with Crippen molar-refractivity contribution < 1.29 is 64.6 Å². The van der Waals surface area contributed by atoms with E-state index in [-0.39, 0.29) is 18.9 Å². The van der Waals surface area contributed by atoms with Crippen LogP contribution in [0, 0.1) is 0 Å². The molecule has 2 rings (SSSR count). The van der Waals surface area contributed by atoms with Gasteiger partial charge in [-0.25, -0.2) is 0 Å². The Morgan fingerprint density at radius 1 is 0.411 bits per heavy atom. The summed E-state index contributed by atoms with van der Waals surface area (Å²) in [6, 6.07) is -0.957. The number of aliphatic hydroxyl groups is 8. The van der Waals surface area contributed by atoms with Gasteiger partial charge in [-0.3, -0.25) is 4.79 Å². The van der Waals surface area contributed by atoms with Crippen LogP contribution in [0.2, 0.25) is 0 Å². The average molecular weight is 1260 g/mol. The molecule has 2 heterocycles. The topological polar surface area (TPSA) is 228 Å². The van der Waals surface area contributed by atoms with Crippen LogP contribution in [0.25, 0.3) is 0 Å². The molecule has 0 radical (unpaired) electrons. The minimum atomic E-state index is -1.80. The van der Waals surface area contributed by atoms with Crippen LogP contribution in [0.1, 0.15) is 258 Å². The van der Waals surface area contributed by atoms with Crippen LogP contribution in [0.3, 0.4) is 0 Å². The largest absolute Gasteiger partial charge is 0.394 e. The Hall–Kier alpha value is -3.61. The minimum absolute atomic E-state index is 0.236. The van der Waals surface area contributed by atoms with Crippen LogP contribution in [0.4, 0.5) is 0 Å². The number of amides is 1. The lowest BCUT2D eigenvalue weighted by molar-refractivity contribution is -0.359. The number of hydrogen-bond donors (Lipinski definition) is 9. The molecule has 14 nitrogen and oxygen atoms in total. The number of hydrogen-bond acceptors (Lipinski definition) is 13. The molecule has 0 bridgehead atoms. The summed E-state index contributed by atoms with van der Waals surface area (Å²) >= 11 is 0. The van der Waals surface area contributed by atoms with Crippen molar-refractivity contribution in [1.29, 1.82) is 0 Å². The number of rotatable bonds is 57. The Morgan fingerprint density at radius 3 is 1.22 bits per heavy atom. The van der Waals surface area contributed by atoms with Crippen LogP contribution in [0.5, 0.6) is 0 Å². The molecule has 2 fully saturated rings. The van der Waals surface area contributed by atoms with Crippen LogP contribution in [-0.2, 0) is 23.7 Å². The number of aliphatic hydroxyl groups excluding tert-OH is 8. The first-order chi connectivity index (χ1) is 44.1. The number of ether oxygens (including phenoxy) is 4. The highest BCUT2D eigenvalue weighted by molar-refractivity contribution is 5.76. The molecule has 1 amide bonds. The van der Waals surface area contributed by atoms with E-state index in [4.69, 9.17) is 18.9 Å². The molecule has 9 N–H and O–H groups in total. The predicted octanol–water partition coefficient (Wildman–Crippen LogP) is 14.9. The van der Waals surface area contributed by atoms with E-state index >= 15 is 0 Å². The second kappa shape index (κ2) is 59.2. The first-order valence-corrected chi connectivity index (χ1v) is 35.8. The second-order valence-corrected chi connectivity index (χ2v) is 24.6. The zero-order valence-corrected chi connectivity index (χ0v) is 56.1. The van der Waals surface area contributed by atoms with E-state index in [1.807, 2.05) is 6.08 Å². The van der Waals surface area contributed by atoms with Gasteiger partial charge in [0.05, 0.1) is 32.0 Å². The summed E-state index contributed by atoms with van der Waals surface area (Å²) in [6.07, 6.45) is 69.6. The van der Waals surface area contributed by atoms with E-state index in [2.05, 4.69) is 129 Å².